The number of ether oxygens (including phenoxy) is 1. The highest BCUT2D eigenvalue weighted by atomic mass is 35.5. The second kappa shape index (κ2) is 8.96. The minimum atomic E-state index is -3.52. The molecular formula is C18H17ClFNO5S. The second-order valence-corrected chi connectivity index (χ2v) is 8.14. The molecule has 0 aliphatic heterocycles. The number of carbonyl (C=O) groups excluding carboxylic acids is 2. The van der Waals surface area contributed by atoms with Gasteiger partial charge in [0.2, 0.25) is 0 Å². The van der Waals surface area contributed by atoms with Crippen molar-refractivity contribution in [1.82, 2.24) is 5.32 Å². The number of amides is 1. The molecule has 0 atom stereocenters. The molecule has 2 rings (SSSR count). The van der Waals surface area contributed by atoms with Gasteiger partial charge in [-0.2, -0.15) is 0 Å². The molecule has 27 heavy (non-hydrogen) atoms. The van der Waals surface area contributed by atoms with Gasteiger partial charge in [-0.3, -0.25) is 4.79 Å². The first-order valence-electron chi connectivity index (χ1n) is 7.84. The Labute approximate surface area is 161 Å². The molecule has 0 heterocycles. The fourth-order valence-corrected chi connectivity index (χ4v) is 2.99. The van der Waals surface area contributed by atoms with Crippen LogP contribution in [0.25, 0.3) is 0 Å². The summed E-state index contributed by atoms with van der Waals surface area (Å²) in [6.45, 7) is -0.256. The van der Waals surface area contributed by atoms with Gasteiger partial charge >= 0.3 is 5.97 Å². The summed E-state index contributed by atoms with van der Waals surface area (Å²) in [4.78, 5) is 23.7. The van der Waals surface area contributed by atoms with Crippen molar-refractivity contribution in [3.63, 3.8) is 0 Å². The molecule has 9 heteroatoms. The van der Waals surface area contributed by atoms with E-state index in [1.54, 1.807) is 12.1 Å². The SMILES string of the molecule is CS(=O)(=O)c1ccc(Cl)c(C(=O)OCC(=O)NCCc2ccc(F)cc2)c1. The lowest BCUT2D eigenvalue weighted by Crippen LogP contribution is -2.30. The Bertz CT molecular complexity index is 945. The molecule has 0 aromatic heterocycles. The molecule has 144 valence electrons. The average Bonchev–Trinajstić information content (AvgIpc) is 2.60. The Morgan fingerprint density at radius 1 is 1.15 bits per heavy atom. The number of rotatable bonds is 7. The molecule has 2 aromatic rings. The third-order valence-corrected chi connectivity index (χ3v) is 5.01. The summed E-state index contributed by atoms with van der Waals surface area (Å²) in [5.41, 5.74) is 0.705. The average molecular weight is 414 g/mol. The summed E-state index contributed by atoms with van der Waals surface area (Å²) in [5, 5.41) is 2.58. The first-order valence-corrected chi connectivity index (χ1v) is 10.1. The highest BCUT2D eigenvalue weighted by Crippen LogP contribution is 2.21. The van der Waals surface area contributed by atoms with Gasteiger partial charge in [-0.1, -0.05) is 23.7 Å². The van der Waals surface area contributed by atoms with Crippen LogP contribution in [0.5, 0.6) is 0 Å². The lowest BCUT2D eigenvalue weighted by Gasteiger charge is -2.09. The van der Waals surface area contributed by atoms with Gasteiger partial charge in [0.05, 0.1) is 15.5 Å². The lowest BCUT2D eigenvalue weighted by atomic mass is 10.1. The summed E-state index contributed by atoms with van der Waals surface area (Å²) in [7, 11) is -3.52. The van der Waals surface area contributed by atoms with E-state index in [9.17, 15) is 22.4 Å². The van der Waals surface area contributed by atoms with Crippen LogP contribution in [0, 0.1) is 5.82 Å². The van der Waals surface area contributed by atoms with Gasteiger partial charge < -0.3 is 10.1 Å². The molecule has 6 nitrogen and oxygen atoms in total. The van der Waals surface area contributed by atoms with Gasteiger partial charge in [-0.05, 0) is 42.3 Å². The van der Waals surface area contributed by atoms with E-state index in [4.69, 9.17) is 16.3 Å². The standard InChI is InChI=1S/C18H17ClFNO5S/c1-27(24,25)14-6-7-16(19)15(10-14)18(23)26-11-17(22)21-9-8-12-2-4-13(20)5-3-12/h2-7,10H,8-9,11H2,1H3,(H,21,22). The van der Waals surface area contributed by atoms with E-state index in [0.29, 0.717) is 6.42 Å². The molecule has 0 fully saturated rings. The molecule has 1 amide bonds. The maximum atomic E-state index is 12.8. The third-order valence-electron chi connectivity index (χ3n) is 3.57. The van der Waals surface area contributed by atoms with Crippen LogP contribution in [0.3, 0.4) is 0 Å². The zero-order valence-electron chi connectivity index (χ0n) is 14.4. The summed E-state index contributed by atoms with van der Waals surface area (Å²) >= 11 is 5.90. The minimum absolute atomic E-state index is 0.0177. The van der Waals surface area contributed by atoms with Crippen LogP contribution < -0.4 is 5.32 Å². The van der Waals surface area contributed by atoms with Crippen LogP contribution >= 0.6 is 11.6 Å². The highest BCUT2D eigenvalue weighted by molar-refractivity contribution is 7.90. The largest absolute Gasteiger partial charge is 0.452 e. The minimum Gasteiger partial charge on any atom is -0.452 e. The molecule has 1 N–H and O–H groups in total. The molecule has 0 radical (unpaired) electrons. The topological polar surface area (TPSA) is 89.5 Å². The van der Waals surface area contributed by atoms with Crippen LogP contribution in [0.1, 0.15) is 15.9 Å². The van der Waals surface area contributed by atoms with Crippen molar-refractivity contribution < 1.29 is 27.1 Å². The van der Waals surface area contributed by atoms with Gasteiger partial charge in [-0.15, -0.1) is 0 Å². The van der Waals surface area contributed by atoms with E-state index in [0.717, 1.165) is 17.9 Å². The summed E-state index contributed by atoms with van der Waals surface area (Å²) in [6, 6.07) is 9.53. The Balaban J connectivity index is 1.86. The van der Waals surface area contributed by atoms with Gasteiger partial charge in [0.25, 0.3) is 5.91 Å². The van der Waals surface area contributed by atoms with Gasteiger partial charge in [0.1, 0.15) is 5.82 Å². The molecule has 0 aliphatic rings. The molecule has 0 saturated heterocycles. The number of hydrogen-bond donors (Lipinski definition) is 1. The number of esters is 1. The molecule has 0 spiro atoms. The molecule has 0 unspecified atom stereocenters. The fourth-order valence-electron chi connectivity index (χ4n) is 2.15. The van der Waals surface area contributed by atoms with Gasteiger partial charge in [-0.25, -0.2) is 17.6 Å². The normalized spacial score (nSPS) is 11.1. The van der Waals surface area contributed by atoms with Crippen molar-refractivity contribution >= 4 is 33.3 Å². The Morgan fingerprint density at radius 3 is 2.44 bits per heavy atom. The van der Waals surface area contributed by atoms with Crippen molar-refractivity contribution in [2.75, 3.05) is 19.4 Å². The summed E-state index contributed by atoms with van der Waals surface area (Å²) in [6.07, 6.45) is 1.49. The van der Waals surface area contributed by atoms with E-state index in [1.165, 1.54) is 24.3 Å². The van der Waals surface area contributed by atoms with Crippen molar-refractivity contribution in [3.05, 3.63) is 64.4 Å². The van der Waals surface area contributed by atoms with E-state index in [1.807, 2.05) is 0 Å². The van der Waals surface area contributed by atoms with Crippen LogP contribution in [-0.2, 0) is 25.8 Å². The first-order chi connectivity index (χ1) is 12.7. The number of benzene rings is 2. The maximum absolute atomic E-state index is 12.8. The molecule has 0 saturated carbocycles. The molecule has 0 aliphatic carbocycles. The van der Waals surface area contributed by atoms with E-state index < -0.39 is 28.3 Å². The van der Waals surface area contributed by atoms with Crippen LogP contribution in [0.4, 0.5) is 4.39 Å². The second-order valence-electron chi connectivity index (χ2n) is 5.72. The van der Waals surface area contributed by atoms with Gasteiger partial charge in [0, 0.05) is 12.8 Å². The first kappa shape index (κ1) is 20.9. The number of carbonyl (C=O) groups is 2. The predicted octanol–water partition coefficient (Wildman–Crippen LogP) is 2.40. The van der Waals surface area contributed by atoms with E-state index in [-0.39, 0.29) is 27.8 Å². The van der Waals surface area contributed by atoms with Crippen molar-refractivity contribution in [1.29, 1.82) is 0 Å². The van der Waals surface area contributed by atoms with Crippen molar-refractivity contribution in [3.8, 4) is 0 Å². The number of nitrogens with one attached hydrogen (secondary N) is 1. The zero-order chi connectivity index (χ0) is 20.0. The van der Waals surface area contributed by atoms with E-state index >= 15 is 0 Å². The van der Waals surface area contributed by atoms with Crippen LogP contribution in [0.2, 0.25) is 5.02 Å². The van der Waals surface area contributed by atoms with Crippen LogP contribution in [-0.4, -0.2) is 39.7 Å². The monoisotopic (exact) mass is 413 g/mol. The molecule has 2 aromatic carbocycles. The number of halogens is 2. The Kier molecular flexibility index (Phi) is 6.92. The highest BCUT2D eigenvalue weighted by Gasteiger charge is 2.17. The maximum Gasteiger partial charge on any atom is 0.340 e. The van der Waals surface area contributed by atoms with E-state index in [2.05, 4.69) is 5.32 Å². The smallest absolute Gasteiger partial charge is 0.340 e. The Hall–Kier alpha value is -2.45. The van der Waals surface area contributed by atoms with Crippen molar-refractivity contribution in [2.24, 2.45) is 0 Å². The zero-order valence-corrected chi connectivity index (χ0v) is 15.9. The number of sulfone groups is 1. The molecule has 0 bridgehead atoms. The summed E-state index contributed by atoms with van der Waals surface area (Å²) < 4.78 is 40.8. The molecular weight excluding hydrogens is 397 g/mol. The quantitative estimate of drug-likeness (QED) is 0.704. The van der Waals surface area contributed by atoms with Crippen LogP contribution in [0.15, 0.2) is 47.4 Å². The lowest BCUT2D eigenvalue weighted by molar-refractivity contribution is -0.124. The third kappa shape index (κ3) is 6.33. The van der Waals surface area contributed by atoms with Gasteiger partial charge in [0.15, 0.2) is 16.4 Å². The summed E-state index contributed by atoms with van der Waals surface area (Å²) in [5.74, 6) is -1.77. The van der Waals surface area contributed by atoms with Crippen molar-refractivity contribution in [2.45, 2.75) is 11.3 Å². The Morgan fingerprint density at radius 2 is 1.81 bits per heavy atom. The fraction of sp³-hybridized carbons (Fsp3) is 0.222. The number of hydrogen-bond acceptors (Lipinski definition) is 5. The predicted molar refractivity (Wildman–Crippen MR) is 98.0 cm³/mol.